The molecule has 29 heavy (non-hydrogen) atoms. The van der Waals surface area contributed by atoms with E-state index >= 15 is 0 Å². The van der Waals surface area contributed by atoms with Crippen LogP contribution < -0.4 is 5.32 Å². The maximum atomic E-state index is 12.5. The van der Waals surface area contributed by atoms with Gasteiger partial charge >= 0.3 is 11.7 Å². The van der Waals surface area contributed by atoms with Crippen LogP contribution in [0.1, 0.15) is 23.7 Å². The Morgan fingerprint density at radius 1 is 1.21 bits per heavy atom. The fraction of sp³-hybridized carbons (Fsp3) is 0.222. The summed E-state index contributed by atoms with van der Waals surface area (Å²) in [4.78, 5) is 34.8. The lowest BCUT2D eigenvalue weighted by Crippen LogP contribution is -2.19. The number of hydrogen-bond acceptors (Lipinski definition) is 7. The van der Waals surface area contributed by atoms with Crippen molar-refractivity contribution >= 4 is 23.4 Å². The second-order valence-electron chi connectivity index (χ2n) is 5.89. The number of carbonyl (C=O) groups is 2. The average molecular weight is 398 g/mol. The molecule has 11 nitrogen and oxygen atoms in total. The zero-order valence-electron chi connectivity index (χ0n) is 15.5. The number of carbonyl (C=O) groups excluding carboxylic acids is 2. The summed E-state index contributed by atoms with van der Waals surface area (Å²) in [6.07, 6.45) is 3.67. The molecular weight excluding hydrogens is 380 g/mol. The molecule has 150 valence electrons. The molecule has 1 amide bonds. The fourth-order valence-corrected chi connectivity index (χ4v) is 2.57. The molecule has 2 aromatic heterocycles. The first kappa shape index (κ1) is 19.7. The Balaban J connectivity index is 1.78. The molecule has 0 atom stereocenters. The van der Waals surface area contributed by atoms with E-state index in [1.807, 2.05) is 6.07 Å². The predicted octanol–water partition coefficient (Wildman–Crippen LogP) is 2.18. The fourth-order valence-electron chi connectivity index (χ4n) is 2.57. The van der Waals surface area contributed by atoms with E-state index in [0.29, 0.717) is 5.69 Å². The number of para-hydroxylation sites is 1. The van der Waals surface area contributed by atoms with Crippen molar-refractivity contribution < 1.29 is 19.2 Å². The molecule has 0 fully saturated rings. The van der Waals surface area contributed by atoms with Crippen LogP contribution in [0.15, 0.2) is 48.9 Å². The Bertz CT molecular complexity index is 1030. The lowest BCUT2D eigenvalue weighted by Gasteiger charge is -2.11. The number of benzene rings is 1. The van der Waals surface area contributed by atoms with Gasteiger partial charge in [-0.3, -0.25) is 19.6 Å². The smallest absolute Gasteiger partial charge is 0.343 e. The number of nitrogens with zero attached hydrogens (tertiary/aromatic N) is 5. The van der Waals surface area contributed by atoms with Crippen LogP contribution in [0.25, 0.3) is 5.69 Å². The first-order valence-electron chi connectivity index (χ1n) is 8.77. The van der Waals surface area contributed by atoms with E-state index in [0.717, 1.165) is 6.20 Å². The van der Waals surface area contributed by atoms with Gasteiger partial charge < -0.3 is 10.1 Å². The van der Waals surface area contributed by atoms with Gasteiger partial charge in [-0.25, -0.2) is 9.48 Å². The number of esters is 1. The number of nitrogens with one attached hydrogen (secondary N) is 1. The molecule has 0 aliphatic carbocycles. The molecule has 0 spiro atoms. The van der Waals surface area contributed by atoms with Crippen LogP contribution in [-0.4, -0.2) is 43.0 Å². The number of aryl methyl sites for hydroxylation is 1. The Morgan fingerprint density at radius 3 is 2.62 bits per heavy atom. The Kier molecular flexibility index (Phi) is 5.97. The molecule has 3 rings (SSSR count). The summed E-state index contributed by atoms with van der Waals surface area (Å²) in [5.41, 5.74) is 0.622. The molecule has 11 heteroatoms. The number of ether oxygens (including phenoxy) is 1. The lowest BCUT2D eigenvalue weighted by atomic mass is 10.3. The highest BCUT2D eigenvalue weighted by molar-refractivity contribution is 6.00. The Hall–Kier alpha value is -4.02. The SMILES string of the molecule is CCOC(=O)c1cnn(-c2ccccc2)c1NC(=O)CCn1cc([N+](=O)[O-])cn1. The molecule has 0 saturated heterocycles. The standard InChI is InChI=1S/C18H18N6O5/c1-2-29-18(26)15-11-20-23(13-6-4-3-5-7-13)17(15)21-16(25)8-9-22-12-14(10-19-22)24(27)28/h3-7,10-12H,2,8-9H2,1H3,(H,21,25). The molecule has 0 saturated carbocycles. The Morgan fingerprint density at radius 2 is 1.97 bits per heavy atom. The number of hydrogen-bond donors (Lipinski definition) is 1. The summed E-state index contributed by atoms with van der Waals surface area (Å²) >= 11 is 0. The molecule has 0 aliphatic heterocycles. The van der Waals surface area contributed by atoms with E-state index in [9.17, 15) is 19.7 Å². The van der Waals surface area contributed by atoms with Gasteiger partial charge in [0.2, 0.25) is 5.91 Å². The van der Waals surface area contributed by atoms with Crippen molar-refractivity contribution in [2.75, 3.05) is 11.9 Å². The summed E-state index contributed by atoms with van der Waals surface area (Å²) in [6, 6.07) is 9.00. The van der Waals surface area contributed by atoms with Gasteiger partial charge in [0.25, 0.3) is 0 Å². The van der Waals surface area contributed by atoms with Crippen LogP contribution in [0.5, 0.6) is 0 Å². The zero-order chi connectivity index (χ0) is 20.8. The summed E-state index contributed by atoms with van der Waals surface area (Å²) in [5.74, 6) is -0.829. The lowest BCUT2D eigenvalue weighted by molar-refractivity contribution is -0.385. The van der Waals surface area contributed by atoms with Crippen molar-refractivity contribution in [2.45, 2.75) is 19.9 Å². The van der Waals surface area contributed by atoms with E-state index in [1.165, 1.54) is 21.8 Å². The molecule has 0 aliphatic rings. The Labute approximate surface area is 165 Å². The van der Waals surface area contributed by atoms with Gasteiger partial charge in [0, 0.05) is 13.0 Å². The third-order valence-electron chi connectivity index (χ3n) is 3.92. The van der Waals surface area contributed by atoms with Crippen LogP contribution in [-0.2, 0) is 16.1 Å². The highest BCUT2D eigenvalue weighted by atomic mass is 16.6. The van der Waals surface area contributed by atoms with Crippen molar-refractivity contribution in [3.05, 3.63) is 64.6 Å². The summed E-state index contributed by atoms with van der Waals surface area (Å²) in [7, 11) is 0. The van der Waals surface area contributed by atoms with Gasteiger partial charge in [0.05, 0.1) is 23.4 Å². The molecule has 0 unspecified atom stereocenters. The van der Waals surface area contributed by atoms with Crippen molar-refractivity contribution in [3.63, 3.8) is 0 Å². The van der Waals surface area contributed by atoms with Crippen molar-refractivity contribution in [1.82, 2.24) is 19.6 Å². The second-order valence-corrected chi connectivity index (χ2v) is 5.89. The molecule has 1 aromatic carbocycles. The maximum Gasteiger partial charge on any atom is 0.343 e. The zero-order valence-corrected chi connectivity index (χ0v) is 15.5. The summed E-state index contributed by atoms with van der Waals surface area (Å²) < 4.78 is 7.77. The molecule has 3 aromatic rings. The normalized spacial score (nSPS) is 10.5. The first-order valence-corrected chi connectivity index (χ1v) is 8.77. The third kappa shape index (κ3) is 4.64. The van der Waals surface area contributed by atoms with E-state index in [4.69, 9.17) is 4.74 Å². The first-order chi connectivity index (χ1) is 14.0. The molecule has 2 heterocycles. The van der Waals surface area contributed by atoms with Gasteiger partial charge in [-0.2, -0.15) is 10.2 Å². The minimum absolute atomic E-state index is 0.0128. The van der Waals surface area contributed by atoms with Crippen LogP contribution in [0.2, 0.25) is 0 Å². The topological polar surface area (TPSA) is 134 Å². The second kappa shape index (κ2) is 8.78. The molecule has 1 N–H and O–H groups in total. The van der Waals surface area contributed by atoms with Gasteiger partial charge in [-0.15, -0.1) is 0 Å². The maximum absolute atomic E-state index is 12.5. The van der Waals surface area contributed by atoms with E-state index in [1.54, 1.807) is 31.2 Å². The van der Waals surface area contributed by atoms with Gasteiger partial charge in [0.1, 0.15) is 18.0 Å². The summed E-state index contributed by atoms with van der Waals surface area (Å²) in [6.45, 7) is 2.00. The molecule has 0 radical (unpaired) electrons. The van der Waals surface area contributed by atoms with Crippen LogP contribution in [0, 0.1) is 10.1 Å². The van der Waals surface area contributed by atoms with E-state index in [-0.39, 0.29) is 36.6 Å². The number of amides is 1. The largest absolute Gasteiger partial charge is 0.462 e. The average Bonchev–Trinajstić information content (AvgIpc) is 3.35. The number of rotatable bonds is 8. The van der Waals surface area contributed by atoms with Crippen LogP contribution in [0.3, 0.4) is 0 Å². The predicted molar refractivity (Wildman–Crippen MR) is 102 cm³/mol. The monoisotopic (exact) mass is 398 g/mol. The van der Waals surface area contributed by atoms with Crippen LogP contribution >= 0.6 is 0 Å². The number of anilines is 1. The van der Waals surface area contributed by atoms with Crippen molar-refractivity contribution in [2.24, 2.45) is 0 Å². The third-order valence-corrected chi connectivity index (χ3v) is 3.92. The van der Waals surface area contributed by atoms with Gasteiger partial charge in [0.15, 0.2) is 5.82 Å². The number of aromatic nitrogens is 4. The van der Waals surface area contributed by atoms with Gasteiger partial charge in [-0.1, -0.05) is 18.2 Å². The highest BCUT2D eigenvalue weighted by Gasteiger charge is 2.21. The number of nitro groups is 1. The quantitative estimate of drug-likeness (QED) is 0.349. The molecular formula is C18H18N6O5. The van der Waals surface area contributed by atoms with Crippen molar-refractivity contribution in [3.8, 4) is 5.69 Å². The highest BCUT2D eigenvalue weighted by Crippen LogP contribution is 2.21. The summed E-state index contributed by atoms with van der Waals surface area (Å²) in [5, 5.41) is 21.4. The van der Waals surface area contributed by atoms with Crippen molar-refractivity contribution in [1.29, 1.82) is 0 Å². The minimum atomic E-state index is -0.604. The minimum Gasteiger partial charge on any atom is -0.462 e. The van der Waals surface area contributed by atoms with Gasteiger partial charge in [-0.05, 0) is 19.1 Å². The van der Waals surface area contributed by atoms with E-state index < -0.39 is 16.8 Å². The molecule has 0 bridgehead atoms. The van der Waals surface area contributed by atoms with E-state index in [2.05, 4.69) is 15.5 Å². The van der Waals surface area contributed by atoms with Crippen LogP contribution in [0.4, 0.5) is 11.5 Å².